The first-order valence-corrected chi connectivity index (χ1v) is 10.7. The summed E-state index contributed by atoms with van der Waals surface area (Å²) in [7, 11) is 1.66. The molecule has 4 aromatic rings. The van der Waals surface area contributed by atoms with Crippen molar-refractivity contribution >= 4 is 23.0 Å². The molecule has 3 heterocycles. The highest BCUT2D eigenvalue weighted by Gasteiger charge is 2.42. The maximum absolute atomic E-state index is 9.74. The van der Waals surface area contributed by atoms with Crippen LogP contribution in [0.5, 0.6) is 11.5 Å². The summed E-state index contributed by atoms with van der Waals surface area (Å²) in [5, 5.41) is 13.8. The van der Waals surface area contributed by atoms with E-state index in [2.05, 4.69) is 25.8 Å². The van der Waals surface area contributed by atoms with Crippen LogP contribution in [0.4, 0.5) is 5.69 Å². The molecule has 1 saturated heterocycles. The van der Waals surface area contributed by atoms with Crippen LogP contribution in [-0.2, 0) is 0 Å². The third-order valence-electron chi connectivity index (χ3n) is 5.64. The van der Waals surface area contributed by atoms with E-state index in [9.17, 15) is 5.11 Å². The van der Waals surface area contributed by atoms with Gasteiger partial charge < -0.3 is 24.6 Å². The van der Waals surface area contributed by atoms with Gasteiger partial charge in [-0.3, -0.25) is 4.98 Å². The molecule has 0 radical (unpaired) electrons. The summed E-state index contributed by atoms with van der Waals surface area (Å²) in [4.78, 5) is 6.73. The van der Waals surface area contributed by atoms with Crippen molar-refractivity contribution < 1.29 is 9.84 Å². The number of thiocarbonyl (C=S) groups is 1. The third kappa shape index (κ3) is 3.56. The van der Waals surface area contributed by atoms with Gasteiger partial charge in [-0.1, -0.05) is 12.1 Å². The van der Waals surface area contributed by atoms with Crippen molar-refractivity contribution in [1.82, 2.24) is 14.9 Å². The number of phenolic OH excluding ortho intramolecular Hbond substituents is 1. The summed E-state index contributed by atoms with van der Waals surface area (Å²) >= 11 is 5.81. The van der Waals surface area contributed by atoms with Crippen LogP contribution in [0.2, 0.25) is 0 Å². The lowest BCUT2D eigenvalue weighted by Crippen LogP contribution is -2.30. The van der Waals surface area contributed by atoms with Crippen molar-refractivity contribution in [3.8, 4) is 17.2 Å². The predicted octanol–water partition coefficient (Wildman–Crippen LogP) is 4.76. The second-order valence-electron chi connectivity index (χ2n) is 7.52. The monoisotopic (exact) mass is 442 g/mol. The first kappa shape index (κ1) is 20.1. The van der Waals surface area contributed by atoms with E-state index in [0.717, 1.165) is 28.5 Å². The number of pyridine rings is 1. The van der Waals surface area contributed by atoms with Crippen LogP contribution < -0.4 is 15.0 Å². The van der Waals surface area contributed by atoms with E-state index in [1.54, 1.807) is 25.4 Å². The molecule has 7 heteroatoms. The summed E-state index contributed by atoms with van der Waals surface area (Å²) in [6.45, 7) is 0. The van der Waals surface area contributed by atoms with Crippen molar-refractivity contribution in [3.05, 3.63) is 103 Å². The first-order valence-electron chi connectivity index (χ1n) is 10.3. The Balaban J connectivity index is 1.66. The van der Waals surface area contributed by atoms with Gasteiger partial charge in [-0.2, -0.15) is 0 Å². The minimum absolute atomic E-state index is 0.152. The van der Waals surface area contributed by atoms with Crippen LogP contribution in [-0.4, -0.2) is 26.9 Å². The number of ether oxygens (including phenoxy) is 1. The zero-order valence-corrected chi connectivity index (χ0v) is 18.2. The Labute approximate surface area is 191 Å². The summed E-state index contributed by atoms with van der Waals surface area (Å²) in [5.74, 6) is 0.995. The Kier molecular flexibility index (Phi) is 5.25. The SMILES string of the molecule is COc1cccc(N2C(=S)N[C@H](c3ccccn3)[C@H]2c2cccn2-c2ccc(O)cc2)c1. The number of aromatic nitrogens is 2. The molecule has 1 aliphatic heterocycles. The van der Waals surface area contributed by atoms with Crippen LogP contribution in [0.25, 0.3) is 5.69 Å². The molecule has 0 saturated carbocycles. The topological polar surface area (TPSA) is 62.5 Å². The van der Waals surface area contributed by atoms with Gasteiger partial charge in [-0.25, -0.2) is 0 Å². The largest absolute Gasteiger partial charge is 0.508 e. The summed E-state index contributed by atoms with van der Waals surface area (Å²) in [6.07, 6.45) is 3.81. The van der Waals surface area contributed by atoms with Gasteiger partial charge >= 0.3 is 0 Å². The molecular weight excluding hydrogens is 420 g/mol. The number of nitrogens with one attached hydrogen (secondary N) is 1. The number of nitrogens with zero attached hydrogens (tertiary/aromatic N) is 3. The van der Waals surface area contributed by atoms with E-state index < -0.39 is 0 Å². The van der Waals surface area contributed by atoms with E-state index in [1.807, 2.05) is 66.9 Å². The number of phenols is 1. The number of benzene rings is 2. The van der Waals surface area contributed by atoms with Crippen molar-refractivity contribution in [3.63, 3.8) is 0 Å². The number of hydrogen-bond donors (Lipinski definition) is 2. The zero-order valence-electron chi connectivity index (χ0n) is 17.4. The van der Waals surface area contributed by atoms with Gasteiger partial charge in [-0.15, -0.1) is 0 Å². The summed E-state index contributed by atoms with van der Waals surface area (Å²) < 4.78 is 7.57. The second-order valence-corrected chi connectivity index (χ2v) is 7.90. The van der Waals surface area contributed by atoms with E-state index >= 15 is 0 Å². The van der Waals surface area contributed by atoms with Crippen LogP contribution >= 0.6 is 12.2 Å². The number of methoxy groups -OCH3 is 1. The molecule has 0 aliphatic carbocycles. The number of aromatic hydroxyl groups is 1. The molecule has 1 aliphatic rings. The molecule has 160 valence electrons. The summed E-state index contributed by atoms with van der Waals surface area (Å²) in [6, 6.07) is 24.7. The number of hydrogen-bond acceptors (Lipinski definition) is 4. The van der Waals surface area contributed by atoms with Gasteiger partial charge in [-0.05, 0) is 72.9 Å². The van der Waals surface area contributed by atoms with Gasteiger partial charge in [0.15, 0.2) is 5.11 Å². The molecule has 0 spiro atoms. The fourth-order valence-electron chi connectivity index (χ4n) is 4.18. The van der Waals surface area contributed by atoms with E-state index in [1.165, 1.54) is 0 Å². The third-order valence-corrected chi connectivity index (χ3v) is 5.96. The quantitative estimate of drug-likeness (QED) is 0.435. The van der Waals surface area contributed by atoms with Gasteiger partial charge in [0.05, 0.1) is 18.8 Å². The number of rotatable bonds is 5. The highest BCUT2D eigenvalue weighted by molar-refractivity contribution is 7.80. The normalized spacial score (nSPS) is 17.9. The first-order chi connectivity index (χ1) is 15.7. The van der Waals surface area contributed by atoms with Gasteiger partial charge in [0, 0.05) is 35.5 Å². The Hall–Kier alpha value is -3.84. The fourth-order valence-corrected chi connectivity index (χ4v) is 4.52. The van der Waals surface area contributed by atoms with Crippen molar-refractivity contribution in [2.45, 2.75) is 12.1 Å². The Morgan fingerprint density at radius 1 is 0.969 bits per heavy atom. The van der Waals surface area contributed by atoms with Crippen LogP contribution in [0, 0.1) is 0 Å². The van der Waals surface area contributed by atoms with Crippen molar-refractivity contribution in [2.24, 2.45) is 0 Å². The van der Waals surface area contributed by atoms with Gasteiger partial charge in [0.2, 0.25) is 0 Å². The summed E-state index contributed by atoms with van der Waals surface area (Å²) in [5.41, 5.74) is 3.83. The minimum atomic E-state index is -0.159. The Morgan fingerprint density at radius 3 is 2.56 bits per heavy atom. The van der Waals surface area contributed by atoms with E-state index in [4.69, 9.17) is 17.0 Å². The second kappa shape index (κ2) is 8.36. The van der Waals surface area contributed by atoms with E-state index in [0.29, 0.717) is 5.11 Å². The standard InChI is InChI=1S/C25H22N4O2S/c1-31-20-7-4-6-18(16-20)29-24(23(27-25(29)32)21-8-2-3-14-26-21)22-9-5-15-28(22)17-10-12-19(30)13-11-17/h2-16,23-24,30H,1H3,(H,27,32)/t23-,24-/m1/s1. The van der Waals surface area contributed by atoms with Crippen molar-refractivity contribution in [1.29, 1.82) is 0 Å². The highest BCUT2D eigenvalue weighted by Crippen LogP contribution is 2.42. The van der Waals surface area contributed by atoms with Crippen LogP contribution in [0.1, 0.15) is 23.5 Å². The minimum Gasteiger partial charge on any atom is -0.508 e. The lowest BCUT2D eigenvalue weighted by atomic mass is 10.0. The average Bonchev–Trinajstić information content (AvgIpc) is 3.44. The molecule has 2 atom stereocenters. The smallest absolute Gasteiger partial charge is 0.174 e. The molecule has 6 nitrogen and oxygen atoms in total. The molecule has 1 fully saturated rings. The molecule has 2 aromatic heterocycles. The molecule has 2 aromatic carbocycles. The molecule has 32 heavy (non-hydrogen) atoms. The van der Waals surface area contributed by atoms with Gasteiger partial charge in [0.25, 0.3) is 0 Å². The number of anilines is 1. The molecule has 0 unspecified atom stereocenters. The Bertz CT molecular complexity index is 1240. The lowest BCUT2D eigenvalue weighted by Gasteiger charge is -2.29. The molecule has 0 bridgehead atoms. The van der Waals surface area contributed by atoms with Gasteiger partial charge in [0.1, 0.15) is 17.5 Å². The van der Waals surface area contributed by atoms with Crippen LogP contribution in [0.15, 0.2) is 91.3 Å². The Morgan fingerprint density at radius 2 is 1.81 bits per heavy atom. The van der Waals surface area contributed by atoms with Crippen molar-refractivity contribution in [2.75, 3.05) is 12.0 Å². The van der Waals surface area contributed by atoms with Crippen LogP contribution in [0.3, 0.4) is 0 Å². The molecule has 2 N–H and O–H groups in total. The maximum Gasteiger partial charge on any atom is 0.174 e. The van der Waals surface area contributed by atoms with E-state index in [-0.39, 0.29) is 17.8 Å². The average molecular weight is 443 g/mol. The predicted molar refractivity (Wildman–Crippen MR) is 128 cm³/mol. The zero-order chi connectivity index (χ0) is 22.1. The lowest BCUT2D eigenvalue weighted by molar-refractivity contribution is 0.414. The highest BCUT2D eigenvalue weighted by atomic mass is 32.1. The maximum atomic E-state index is 9.74. The molecule has 0 amide bonds. The fraction of sp³-hybridized carbons (Fsp3) is 0.120. The molecule has 5 rings (SSSR count). The molecular formula is C25H22N4O2S.